The van der Waals surface area contributed by atoms with E-state index in [1.54, 1.807) is 7.11 Å². The van der Waals surface area contributed by atoms with Crippen molar-refractivity contribution in [2.24, 2.45) is 0 Å². The van der Waals surface area contributed by atoms with Crippen molar-refractivity contribution in [1.82, 2.24) is 0 Å². The van der Waals surface area contributed by atoms with E-state index >= 15 is 0 Å². The molecule has 1 saturated heterocycles. The Morgan fingerprint density at radius 1 is 1.44 bits per heavy atom. The van der Waals surface area contributed by atoms with Crippen LogP contribution in [0.15, 0.2) is 12.1 Å². The Kier molecular flexibility index (Phi) is 3.68. The highest BCUT2D eigenvalue weighted by atomic mass is 19.1. The Labute approximate surface area is 104 Å². The van der Waals surface area contributed by atoms with Gasteiger partial charge in [-0.15, -0.1) is 0 Å². The minimum atomic E-state index is -0.710. The molecule has 0 aromatic heterocycles. The summed E-state index contributed by atoms with van der Waals surface area (Å²) >= 11 is 0. The second kappa shape index (κ2) is 5.07. The molecule has 0 radical (unpaired) electrons. The average Bonchev–Trinajstić information content (AvgIpc) is 2.77. The number of hydrogen-bond donors (Lipinski definition) is 2. The SMILES string of the molecule is COC1(CNc2c(F)cc(N)cc2F)CCOC1. The Morgan fingerprint density at radius 3 is 2.61 bits per heavy atom. The second-order valence-corrected chi connectivity index (χ2v) is 4.40. The van der Waals surface area contributed by atoms with Crippen LogP contribution in [-0.4, -0.2) is 32.5 Å². The predicted molar refractivity (Wildman–Crippen MR) is 64.4 cm³/mol. The third kappa shape index (κ3) is 2.54. The topological polar surface area (TPSA) is 56.5 Å². The molecule has 1 aliphatic heterocycles. The van der Waals surface area contributed by atoms with Crippen LogP contribution < -0.4 is 11.1 Å². The highest BCUT2D eigenvalue weighted by Crippen LogP contribution is 2.26. The monoisotopic (exact) mass is 258 g/mol. The van der Waals surface area contributed by atoms with Crippen molar-refractivity contribution in [2.75, 3.05) is 37.9 Å². The lowest BCUT2D eigenvalue weighted by Crippen LogP contribution is -2.39. The van der Waals surface area contributed by atoms with Crippen LogP contribution >= 0.6 is 0 Å². The number of anilines is 2. The van der Waals surface area contributed by atoms with E-state index in [-0.39, 0.29) is 17.9 Å². The highest BCUT2D eigenvalue weighted by Gasteiger charge is 2.35. The number of ether oxygens (including phenoxy) is 2. The van der Waals surface area contributed by atoms with E-state index in [4.69, 9.17) is 15.2 Å². The first-order chi connectivity index (χ1) is 8.56. The van der Waals surface area contributed by atoms with Crippen molar-refractivity contribution >= 4 is 11.4 Å². The standard InChI is InChI=1S/C12H16F2N2O2/c1-17-12(2-3-18-7-12)6-16-11-9(13)4-8(15)5-10(11)14/h4-5,16H,2-3,6-7,15H2,1H3. The fourth-order valence-electron chi connectivity index (χ4n) is 1.97. The number of nitrogens with one attached hydrogen (secondary N) is 1. The van der Waals surface area contributed by atoms with Gasteiger partial charge in [-0.05, 0) is 12.1 Å². The molecule has 0 saturated carbocycles. The molecule has 4 nitrogen and oxygen atoms in total. The summed E-state index contributed by atoms with van der Waals surface area (Å²) in [4.78, 5) is 0. The number of methoxy groups -OCH3 is 1. The van der Waals surface area contributed by atoms with Gasteiger partial charge >= 0.3 is 0 Å². The van der Waals surface area contributed by atoms with Gasteiger partial charge in [0.1, 0.15) is 11.3 Å². The predicted octanol–water partition coefficient (Wildman–Crippen LogP) is 1.76. The Hall–Kier alpha value is -1.40. The first kappa shape index (κ1) is 13.0. The number of rotatable bonds is 4. The Bertz CT molecular complexity index is 411. The maximum atomic E-state index is 13.6. The summed E-state index contributed by atoms with van der Waals surface area (Å²) in [5.41, 5.74) is 4.69. The minimum absolute atomic E-state index is 0.0567. The molecule has 1 heterocycles. The fourth-order valence-corrected chi connectivity index (χ4v) is 1.97. The third-order valence-corrected chi connectivity index (χ3v) is 3.15. The molecule has 1 aliphatic rings. The number of nitrogens with two attached hydrogens (primary N) is 1. The van der Waals surface area contributed by atoms with Crippen LogP contribution in [0.2, 0.25) is 0 Å². The van der Waals surface area contributed by atoms with Crippen molar-refractivity contribution in [1.29, 1.82) is 0 Å². The average molecular weight is 258 g/mol. The summed E-state index contributed by atoms with van der Waals surface area (Å²) in [6.45, 7) is 1.28. The van der Waals surface area contributed by atoms with E-state index in [1.807, 2.05) is 0 Å². The second-order valence-electron chi connectivity index (χ2n) is 4.40. The van der Waals surface area contributed by atoms with Crippen molar-refractivity contribution in [3.8, 4) is 0 Å². The van der Waals surface area contributed by atoms with Crippen LogP contribution in [0.5, 0.6) is 0 Å². The summed E-state index contributed by atoms with van der Waals surface area (Å²) in [5.74, 6) is -1.42. The van der Waals surface area contributed by atoms with Crippen LogP contribution in [0.3, 0.4) is 0 Å². The molecule has 1 atom stereocenters. The van der Waals surface area contributed by atoms with Gasteiger partial charge in [0.2, 0.25) is 0 Å². The van der Waals surface area contributed by atoms with Gasteiger partial charge in [0, 0.05) is 32.4 Å². The minimum Gasteiger partial charge on any atom is -0.399 e. The van der Waals surface area contributed by atoms with Gasteiger partial charge in [-0.25, -0.2) is 8.78 Å². The summed E-state index contributed by atoms with van der Waals surface area (Å²) in [5, 5.41) is 2.73. The zero-order valence-corrected chi connectivity index (χ0v) is 10.1. The first-order valence-corrected chi connectivity index (χ1v) is 5.68. The maximum absolute atomic E-state index is 13.6. The van der Waals surface area contributed by atoms with Crippen molar-refractivity contribution < 1.29 is 18.3 Å². The molecule has 1 aromatic carbocycles. The highest BCUT2D eigenvalue weighted by molar-refractivity contribution is 5.54. The van der Waals surface area contributed by atoms with Gasteiger partial charge in [-0.2, -0.15) is 0 Å². The molecule has 2 rings (SSSR count). The molecule has 0 amide bonds. The molecule has 0 spiro atoms. The van der Waals surface area contributed by atoms with E-state index in [0.29, 0.717) is 19.6 Å². The number of benzene rings is 1. The molecule has 1 fully saturated rings. The Morgan fingerprint density at radius 2 is 2.11 bits per heavy atom. The fraction of sp³-hybridized carbons (Fsp3) is 0.500. The normalized spacial score (nSPS) is 23.3. The molecule has 18 heavy (non-hydrogen) atoms. The molecule has 3 N–H and O–H groups in total. The van der Waals surface area contributed by atoms with E-state index in [9.17, 15) is 8.78 Å². The van der Waals surface area contributed by atoms with Crippen LogP contribution in [0.25, 0.3) is 0 Å². The summed E-state index contributed by atoms with van der Waals surface area (Å²) in [7, 11) is 1.56. The van der Waals surface area contributed by atoms with E-state index in [0.717, 1.165) is 12.1 Å². The molecular formula is C12H16F2N2O2. The van der Waals surface area contributed by atoms with E-state index in [2.05, 4.69) is 5.32 Å². The maximum Gasteiger partial charge on any atom is 0.151 e. The molecule has 0 aliphatic carbocycles. The van der Waals surface area contributed by atoms with Crippen LogP contribution in [0, 0.1) is 11.6 Å². The smallest absolute Gasteiger partial charge is 0.151 e. The van der Waals surface area contributed by atoms with Crippen LogP contribution in [-0.2, 0) is 9.47 Å². The van der Waals surface area contributed by atoms with E-state index < -0.39 is 17.2 Å². The quantitative estimate of drug-likeness (QED) is 0.808. The lowest BCUT2D eigenvalue weighted by atomic mass is 10.0. The molecule has 6 heteroatoms. The summed E-state index contributed by atoms with van der Waals surface area (Å²) < 4.78 is 37.7. The van der Waals surface area contributed by atoms with Gasteiger partial charge in [0.25, 0.3) is 0 Å². The lowest BCUT2D eigenvalue weighted by Gasteiger charge is -2.26. The number of nitrogen functional groups attached to an aromatic ring is 1. The largest absolute Gasteiger partial charge is 0.399 e. The molecule has 1 unspecified atom stereocenters. The van der Waals surface area contributed by atoms with Crippen LogP contribution in [0.4, 0.5) is 20.2 Å². The van der Waals surface area contributed by atoms with Gasteiger partial charge < -0.3 is 20.5 Å². The molecule has 1 aromatic rings. The molecular weight excluding hydrogens is 242 g/mol. The van der Waals surface area contributed by atoms with Gasteiger partial charge in [0.15, 0.2) is 11.6 Å². The van der Waals surface area contributed by atoms with Gasteiger partial charge in [-0.1, -0.05) is 0 Å². The molecule has 100 valence electrons. The number of halogens is 2. The van der Waals surface area contributed by atoms with Crippen molar-refractivity contribution in [3.05, 3.63) is 23.8 Å². The van der Waals surface area contributed by atoms with Crippen LogP contribution in [0.1, 0.15) is 6.42 Å². The lowest BCUT2D eigenvalue weighted by molar-refractivity contribution is -0.00627. The zero-order valence-electron chi connectivity index (χ0n) is 10.1. The van der Waals surface area contributed by atoms with Gasteiger partial charge in [-0.3, -0.25) is 0 Å². The van der Waals surface area contributed by atoms with Crippen molar-refractivity contribution in [3.63, 3.8) is 0 Å². The summed E-state index contributed by atoms with van der Waals surface area (Å²) in [6.07, 6.45) is 0.689. The molecule has 0 bridgehead atoms. The van der Waals surface area contributed by atoms with E-state index in [1.165, 1.54) is 0 Å². The Balaban J connectivity index is 2.10. The third-order valence-electron chi connectivity index (χ3n) is 3.15. The number of hydrogen-bond acceptors (Lipinski definition) is 4. The first-order valence-electron chi connectivity index (χ1n) is 5.68. The zero-order chi connectivity index (χ0) is 13.2. The van der Waals surface area contributed by atoms with Crippen molar-refractivity contribution in [2.45, 2.75) is 12.0 Å². The summed E-state index contributed by atoms with van der Waals surface area (Å²) in [6, 6.07) is 2.16. The van der Waals surface area contributed by atoms with Gasteiger partial charge in [0.05, 0.1) is 6.61 Å².